The molecule has 3 aromatic rings. The minimum absolute atomic E-state index is 0.232. The molecule has 0 aliphatic rings. The van der Waals surface area contributed by atoms with Crippen LogP contribution >= 0.6 is 15.9 Å². The van der Waals surface area contributed by atoms with Crippen molar-refractivity contribution in [2.75, 3.05) is 23.8 Å². The smallest absolute Gasteiger partial charge is 0.329 e. The molecule has 0 atom stereocenters. The Balaban J connectivity index is 1.63. The summed E-state index contributed by atoms with van der Waals surface area (Å²) in [5.74, 6) is -1.33. The monoisotopic (exact) mass is 594 g/mol. The highest BCUT2D eigenvalue weighted by Crippen LogP contribution is 2.36. The van der Waals surface area contributed by atoms with Crippen molar-refractivity contribution in [3.8, 4) is 11.5 Å². The van der Waals surface area contributed by atoms with Gasteiger partial charge in [0.15, 0.2) is 18.1 Å². The van der Waals surface area contributed by atoms with Crippen LogP contribution in [0.25, 0.3) is 0 Å². The van der Waals surface area contributed by atoms with Gasteiger partial charge in [0, 0.05) is 11.4 Å². The molecule has 0 fully saturated rings. The third kappa shape index (κ3) is 8.15. The van der Waals surface area contributed by atoms with E-state index in [4.69, 9.17) is 9.47 Å². The van der Waals surface area contributed by atoms with Gasteiger partial charge in [-0.2, -0.15) is 5.10 Å². The number of ether oxygens (including phenoxy) is 2. The van der Waals surface area contributed by atoms with E-state index in [1.807, 2.05) is 71.0 Å². The molecule has 3 amide bonds. The van der Waals surface area contributed by atoms with Gasteiger partial charge in [-0.15, -0.1) is 0 Å². The molecule has 0 unspecified atom stereocenters. The van der Waals surface area contributed by atoms with Crippen molar-refractivity contribution < 1.29 is 23.9 Å². The fraction of sp³-hybridized carbons (Fsp3) is 0.241. The molecule has 3 rings (SSSR count). The molecule has 3 aromatic carbocycles. The summed E-state index contributed by atoms with van der Waals surface area (Å²) >= 11 is 3.45. The molecule has 0 bridgehead atoms. The predicted molar refractivity (Wildman–Crippen MR) is 156 cm³/mol. The second-order valence-electron chi connectivity index (χ2n) is 8.82. The second kappa shape index (κ2) is 13.6. The van der Waals surface area contributed by atoms with Crippen LogP contribution in [0.2, 0.25) is 0 Å². The van der Waals surface area contributed by atoms with Crippen LogP contribution in [0.15, 0.2) is 58.1 Å². The highest BCUT2D eigenvalue weighted by Gasteiger charge is 2.16. The summed E-state index contributed by atoms with van der Waals surface area (Å²) < 4.78 is 12.0. The van der Waals surface area contributed by atoms with Crippen LogP contribution in [-0.4, -0.2) is 37.1 Å². The van der Waals surface area contributed by atoms with E-state index in [1.54, 1.807) is 12.1 Å². The largest absolute Gasteiger partial charge is 0.490 e. The van der Waals surface area contributed by atoms with Crippen LogP contribution in [0.3, 0.4) is 0 Å². The van der Waals surface area contributed by atoms with Crippen LogP contribution in [0.5, 0.6) is 11.5 Å². The van der Waals surface area contributed by atoms with Gasteiger partial charge in [-0.25, -0.2) is 5.43 Å². The van der Waals surface area contributed by atoms with Gasteiger partial charge in [0.25, 0.3) is 5.91 Å². The van der Waals surface area contributed by atoms with Gasteiger partial charge in [-0.1, -0.05) is 24.3 Å². The molecule has 0 heterocycles. The molecule has 0 spiro atoms. The average Bonchev–Trinajstić information content (AvgIpc) is 2.88. The maximum absolute atomic E-state index is 12.5. The third-order valence-corrected chi connectivity index (χ3v) is 6.36. The van der Waals surface area contributed by atoms with E-state index >= 15 is 0 Å². The lowest BCUT2D eigenvalue weighted by Gasteiger charge is -2.15. The SMILES string of the molecule is CCOc1cc(/C=N\NC(=O)C(=O)Nc2c(C)cccc2C)cc(Br)c1OCC(=O)Nc1ccc(C)c(C)c1. The summed E-state index contributed by atoms with van der Waals surface area (Å²) in [5, 5.41) is 9.32. The van der Waals surface area contributed by atoms with Crippen molar-refractivity contribution in [3.05, 3.63) is 80.8 Å². The van der Waals surface area contributed by atoms with Crippen LogP contribution < -0.4 is 25.5 Å². The summed E-state index contributed by atoms with van der Waals surface area (Å²) in [6.07, 6.45) is 1.37. The van der Waals surface area contributed by atoms with E-state index in [0.717, 1.165) is 22.3 Å². The Morgan fingerprint density at radius 1 is 0.872 bits per heavy atom. The number of anilines is 2. The van der Waals surface area contributed by atoms with Crippen LogP contribution in [0.1, 0.15) is 34.7 Å². The Labute approximate surface area is 236 Å². The molecular weight excluding hydrogens is 564 g/mol. The van der Waals surface area contributed by atoms with E-state index in [9.17, 15) is 14.4 Å². The number of hydrogen-bond acceptors (Lipinski definition) is 6. The van der Waals surface area contributed by atoms with Gasteiger partial charge < -0.3 is 20.1 Å². The minimum Gasteiger partial charge on any atom is -0.490 e. The van der Waals surface area contributed by atoms with Gasteiger partial charge in [0.1, 0.15) is 0 Å². The zero-order chi connectivity index (χ0) is 28.5. The van der Waals surface area contributed by atoms with Gasteiger partial charge in [0.05, 0.1) is 17.3 Å². The summed E-state index contributed by atoms with van der Waals surface area (Å²) in [6.45, 7) is 9.61. The van der Waals surface area contributed by atoms with Crippen molar-refractivity contribution in [2.45, 2.75) is 34.6 Å². The number of hydrogen-bond donors (Lipinski definition) is 3. The van der Waals surface area contributed by atoms with Crippen molar-refractivity contribution in [1.29, 1.82) is 0 Å². The normalized spacial score (nSPS) is 10.7. The number of para-hydroxylation sites is 1. The maximum Gasteiger partial charge on any atom is 0.329 e. The van der Waals surface area contributed by atoms with E-state index in [0.29, 0.717) is 39.5 Å². The van der Waals surface area contributed by atoms with Crippen molar-refractivity contribution in [2.24, 2.45) is 5.10 Å². The minimum atomic E-state index is -0.910. The van der Waals surface area contributed by atoms with Crippen LogP contribution in [-0.2, 0) is 14.4 Å². The first-order valence-corrected chi connectivity index (χ1v) is 13.0. The lowest BCUT2D eigenvalue weighted by molar-refractivity contribution is -0.136. The molecule has 0 aliphatic carbocycles. The molecule has 9 nitrogen and oxygen atoms in total. The molecule has 0 saturated heterocycles. The van der Waals surface area contributed by atoms with Gasteiger partial charge in [0.2, 0.25) is 0 Å². The number of nitrogens with zero attached hydrogens (tertiary/aromatic N) is 1. The summed E-state index contributed by atoms with van der Waals surface area (Å²) in [6, 6.07) is 14.6. The summed E-state index contributed by atoms with van der Waals surface area (Å²) in [7, 11) is 0. The van der Waals surface area contributed by atoms with Crippen LogP contribution in [0.4, 0.5) is 11.4 Å². The fourth-order valence-electron chi connectivity index (χ4n) is 3.62. The molecular formula is C29H31BrN4O5. The average molecular weight is 595 g/mol. The first-order valence-electron chi connectivity index (χ1n) is 12.3. The maximum atomic E-state index is 12.5. The molecule has 0 radical (unpaired) electrons. The Hall–Kier alpha value is -4.18. The zero-order valence-electron chi connectivity index (χ0n) is 22.5. The zero-order valence-corrected chi connectivity index (χ0v) is 24.1. The number of hydrazone groups is 1. The number of amides is 3. The first-order chi connectivity index (χ1) is 18.6. The van der Waals surface area contributed by atoms with E-state index in [1.165, 1.54) is 6.21 Å². The number of aryl methyl sites for hydroxylation is 4. The van der Waals surface area contributed by atoms with Gasteiger partial charge in [-0.3, -0.25) is 14.4 Å². The van der Waals surface area contributed by atoms with Gasteiger partial charge >= 0.3 is 11.8 Å². The van der Waals surface area contributed by atoms with Crippen molar-refractivity contribution in [3.63, 3.8) is 0 Å². The first kappa shape index (κ1) is 29.4. The number of benzene rings is 3. The van der Waals surface area contributed by atoms with Crippen molar-refractivity contribution in [1.82, 2.24) is 5.43 Å². The standard InChI is InChI=1S/C29H31BrN4O5/c1-6-38-24-14-21(15-31-34-29(37)28(36)33-26-18(3)8-7-9-19(26)4)13-23(30)27(24)39-16-25(35)32-22-11-10-17(2)20(5)12-22/h7-15H,6,16H2,1-5H3,(H,32,35)(H,33,36)(H,34,37)/b31-15-. The van der Waals surface area contributed by atoms with Gasteiger partial charge in [-0.05, 0) is 103 Å². The molecule has 0 saturated carbocycles. The van der Waals surface area contributed by atoms with E-state index in [-0.39, 0.29) is 12.5 Å². The highest BCUT2D eigenvalue weighted by molar-refractivity contribution is 9.10. The second-order valence-corrected chi connectivity index (χ2v) is 9.67. The molecule has 39 heavy (non-hydrogen) atoms. The predicted octanol–water partition coefficient (Wildman–Crippen LogP) is 5.19. The number of carbonyl (C=O) groups excluding carboxylic acids is 3. The molecule has 204 valence electrons. The van der Waals surface area contributed by atoms with Crippen molar-refractivity contribution >= 4 is 51.2 Å². The quantitative estimate of drug-likeness (QED) is 0.179. The fourth-order valence-corrected chi connectivity index (χ4v) is 4.19. The summed E-state index contributed by atoms with van der Waals surface area (Å²) in [4.78, 5) is 37.0. The molecule has 0 aromatic heterocycles. The van der Waals surface area contributed by atoms with E-state index < -0.39 is 11.8 Å². The number of carbonyl (C=O) groups is 3. The lowest BCUT2D eigenvalue weighted by Crippen LogP contribution is -2.32. The molecule has 0 aliphatic heterocycles. The van der Waals surface area contributed by atoms with Crippen LogP contribution in [0, 0.1) is 27.7 Å². The number of nitrogens with one attached hydrogen (secondary N) is 3. The topological polar surface area (TPSA) is 118 Å². The Bertz CT molecular complexity index is 1400. The Morgan fingerprint density at radius 2 is 1.59 bits per heavy atom. The summed E-state index contributed by atoms with van der Waals surface area (Å²) in [5.41, 5.74) is 7.97. The Morgan fingerprint density at radius 3 is 2.26 bits per heavy atom. The number of rotatable bonds is 9. The number of halogens is 1. The van der Waals surface area contributed by atoms with E-state index in [2.05, 4.69) is 37.1 Å². The Kier molecular flexibility index (Phi) is 10.2. The molecule has 10 heteroatoms. The lowest BCUT2D eigenvalue weighted by atomic mass is 10.1. The molecule has 3 N–H and O–H groups in total. The third-order valence-electron chi connectivity index (χ3n) is 5.78. The highest BCUT2D eigenvalue weighted by atomic mass is 79.9.